The Labute approximate surface area is 186 Å². The number of anilines is 1. The van der Waals surface area contributed by atoms with E-state index >= 15 is 0 Å². The first-order chi connectivity index (χ1) is 15.6. The highest BCUT2D eigenvalue weighted by atomic mass is 16.5. The number of ether oxygens (including phenoxy) is 2. The molecule has 0 aromatic heterocycles. The van der Waals surface area contributed by atoms with Gasteiger partial charge in [0, 0.05) is 12.0 Å². The molecule has 1 atom stereocenters. The van der Waals surface area contributed by atoms with Gasteiger partial charge >= 0.3 is 0 Å². The molecule has 32 heavy (non-hydrogen) atoms. The van der Waals surface area contributed by atoms with Gasteiger partial charge in [0.25, 0.3) is 5.91 Å². The summed E-state index contributed by atoms with van der Waals surface area (Å²) in [7, 11) is 1.61. The summed E-state index contributed by atoms with van der Waals surface area (Å²) in [6.45, 7) is -0.156. The smallest absolute Gasteiger partial charge is 0.252 e. The minimum Gasteiger partial charge on any atom is -0.497 e. The summed E-state index contributed by atoms with van der Waals surface area (Å²) in [6, 6.07) is 20.4. The van der Waals surface area contributed by atoms with Gasteiger partial charge in [0.15, 0.2) is 0 Å². The Kier molecular flexibility index (Phi) is 6.51. The van der Waals surface area contributed by atoms with E-state index in [1.165, 1.54) is 0 Å². The van der Waals surface area contributed by atoms with Gasteiger partial charge in [-0.15, -0.1) is 0 Å². The number of fused-ring (bicyclic) bond motifs is 1. The van der Waals surface area contributed by atoms with Crippen LogP contribution in [0.5, 0.6) is 5.75 Å². The molecule has 1 aliphatic rings. The van der Waals surface area contributed by atoms with Crippen molar-refractivity contribution in [3.63, 3.8) is 0 Å². The fraction of sp³-hybridized carbons (Fsp3) is 0.154. The minimum atomic E-state index is -0.341. The zero-order valence-electron chi connectivity index (χ0n) is 17.7. The predicted molar refractivity (Wildman–Crippen MR) is 125 cm³/mol. The summed E-state index contributed by atoms with van der Waals surface area (Å²) < 4.78 is 11.3. The zero-order chi connectivity index (χ0) is 22.3. The highest BCUT2D eigenvalue weighted by molar-refractivity contribution is 6.08. The van der Waals surface area contributed by atoms with Crippen molar-refractivity contribution in [2.24, 2.45) is 0 Å². The van der Waals surface area contributed by atoms with Crippen molar-refractivity contribution in [1.29, 1.82) is 0 Å². The van der Waals surface area contributed by atoms with Gasteiger partial charge in [-0.05, 0) is 41.1 Å². The maximum absolute atomic E-state index is 12.7. The van der Waals surface area contributed by atoms with E-state index in [-0.39, 0.29) is 24.5 Å². The van der Waals surface area contributed by atoms with Crippen molar-refractivity contribution in [2.75, 3.05) is 19.0 Å². The number of benzene rings is 3. The van der Waals surface area contributed by atoms with Crippen molar-refractivity contribution in [1.82, 2.24) is 5.32 Å². The molecule has 0 radical (unpaired) electrons. The summed E-state index contributed by atoms with van der Waals surface area (Å²) in [4.78, 5) is 25.2. The molecule has 2 N–H and O–H groups in total. The number of para-hydroxylation sites is 2. The first-order valence-electron chi connectivity index (χ1n) is 10.4. The second-order valence-electron chi connectivity index (χ2n) is 7.32. The third-order valence-corrected chi connectivity index (χ3v) is 5.12. The monoisotopic (exact) mass is 428 g/mol. The number of nitrogens with one attached hydrogen (secondary N) is 2. The molecule has 6 heteroatoms. The molecule has 0 spiro atoms. The summed E-state index contributed by atoms with van der Waals surface area (Å²) in [6.07, 6.45) is 6.28. The van der Waals surface area contributed by atoms with Gasteiger partial charge in [-0.2, -0.15) is 0 Å². The quantitative estimate of drug-likeness (QED) is 0.583. The second kappa shape index (κ2) is 9.83. The normalized spacial score (nSPS) is 15.0. The number of rotatable bonds is 7. The first-order valence-corrected chi connectivity index (χ1v) is 10.4. The lowest BCUT2D eigenvalue weighted by Crippen LogP contribution is -2.33. The number of allylic oxidation sites excluding steroid dienone is 1. The average molecular weight is 428 g/mol. The largest absolute Gasteiger partial charge is 0.497 e. The van der Waals surface area contributed by atoms with E-state index in [9.17, 15) is 9.59 Å². The minimum absolute atomic E-state index is 0.156. The van der Waals surface area contributed by atoms with Crippen molar-refractivity contribution in [3.8, 4) is 5.75 Å². The molecule has 6 nitrogen and oxygen atoms in total. The van der Waals surface area contributed by atoms with E-state index in [2.05, 4.69) is 10.6 Å². The number of methoxy groups -OCH3 is 1. The SMILES string of the molecule is COC1=CC(Oc2ccccc2NC(=O)CNC(=O)c2cccc3ccccc23)CC=C1. The molecule has 0 saturated carbocycles. The van der Waals surface area contributed by atoms with Crippen LogP contribution in [0, 0.1) is 0 Å². The Morgan fingerprint density at radius 2 is 1.78 bits per heavy atom. The molecule has 0 heterocycles. The molecule has 0 fully saturated rings. The van der Waals surface area contributed by atoms with Crippen LogP contribution in [-0.2, 0) is 9.53 Å². The Morgan fingerprint density at radius 1 is 1.00 bits per heavy atom. The first kappa shape index (κ1) is 21.2. The number of hydrogen-bond acceptors (Lipinski definition) is 4. The second-order valence-corrected chi connectivity index (χ2v) is 7.32. The summed E-state index contributed by atoms with van der Waals surface area (Å²) >= 11 is 0. The number of carbonyl (C=O) groups is 2. The maximum Gasteiger partial charge on any atom is 0.252 e. The van der Waals surface area contributed by atoms with Crippen LogP contribution in [0.15, 0.2) is 90.7 Å². The fourth-order valence-corrected chi connectivity index (χ4v) is 3.55. The molecule has 0 aliphatic heterocycles. The molecule has 0 saturated heterocycles. The Morgan fingerprint density at radius 3 is 2.66 bits per heavy atom. The van der Waals surface area contributed by atoms with Gasteiger partial charge in [0.2, 0.25) is 5.91 Å². The van der Waals surface area contributed by atoms with E-state index in [1.54, 1.807) is 25.3 Å². The molecular formula is C26H24N2O4. The van der Waals surface area contributed by atoms with E-state index < -0.39 is 0 Å². The van der Waals surface area contributed by atoms with Gasteiger partial charge in [0.05, 0.1) is 19.3 Å². The molecular weight excluding hydrogens is 404 g/mol. The van der Waals surface area contributed by atoms with Crippen LogP contribution in [0.3, 0.4) is 0 Å². The number of hydrogen-bond donors (Lipinski definition) is 2. The lowest BCUT2D eigenvalue weighted by molar-refractivity contribution is -0.115. The molecule has 4 rings (SSSR count). The van der Waals surface area contributed by atoms with Crippen LogP contribution in [-0.4, -0.2) is 31.6 Å². The van der Waals surface area contributed by atoms with E-state index in [1.807, 2.05) is 66.8 Å². The van der Waals surface area contributed by atoms with E-state index in [0.29, 0.717) is 23.4 Å². The Bertz CT molecular complexity index is 1190. The summed E-state index contributed by atoms with van der Waals surface area (Å²) in [5, 5.41) is 7.33. The molecule has 3 aromatic rings. The van der Waals surface area contributed by atoms with Crippen LogP contribution >= 0.6 is 0 Å². The van der Waals surface area contributed by atoms with Crippen molar-refractivity contribution in [2.45, 2.75) is 12.5 Å². The Hall–Kier alpha value is -4.06. The van der Waals surface area contributed by atoms with Crippen LogP contribution in [0.1, 0.15) is 16.8 Å². The number of carbonyl (C=O) groups excluding carboxylic acids is 2. The van der Waals surface area contributed by atoms with Crippen molar-refractivity contribution in [3.05, 3.63) is 96.3 Å². The lowest BCUT2D eigenvalue weighted by atomic mass is 10.0. The summed E-state index contributed by atoms with van der Waals surface area (Å²) in [5.74, 6) is 0.645. The van der Waals surface area contributed by atoms with Gasteiger partial charge in [-0.3, -0.25) is 9.59 Å². The maximum atomic E-state index is 12.7. The molecule has 1 aliphatic carbocycles. The van der Waals surface area contributed by atoms with Crippen molar-refractivity contribution >= 4 is 28.3 Å². The van der Waals surface area contributed by atoms with Crippen LogP contribution in [0.25, 0.3) is 10.8 Å². The van der Waals surface area contributed by atoms with Gasteiger partial charge in [-0.25, -0.2) is 0 Å². The standard InChI is InChI=1S/C26H24N2O4/c1-31-19-10-7-11-20(16-19)32-24-15-5-4-14-23(24)28-25(29)17-27-26(30)22-13-6-9-18-8-2-3-12-21(18)22/h2-10,12-16,20H,11,17H2,1H3,(H,27,30)(H,28,29). The van der Waals surface area contributed by atoms with Crippen LogP contribution in [0.4, 0.5) is 5.69 Å². The molecule has 162 valence electrons. The molecule has 1 unspecified atom stereocenters. The highest BCUT2D eigenvalue weighted by Crippen LogP contribution is 2.27. The van der Waals surface area contributed by atoms with Gasteiger partial charge in [0.1, 0.15) is 17.6 Å². The summed E-state index contributed by atoms with van der Waals surface area (Å²) in [5.41, 5.74) is 1.07. The zero-order valence-corrected chi connectivity index (χ0v) is 17.7. The van der Waals surface area contributed by atoms with E-state index in [0.717, 1.165) is 16.5 Å². The van der Waals surface area contributed by atoms with E-state index in [4.69, 9.17) is 9.47 Å². The van der Waals surface area contributed by atoms with Crippen LogP contribution in [0.2, 0.25) is 0 Å². The fourth-order valence-electron chi connectivity index (χ4n) is 3.55. The predicted octanol–water partition coefficient (Wildman–Crippen LogP) is 4.45. The van der Waals surface area contributed by atoms with Crippen LogP contribution < -0.4 is 15.4 Å². The molecule has 2 amide bonds. The topological polar surface area (TPSA) is 76.7 Å². The third kappa shape index (κ3) is 4.98. The van der Waals surface area contributed by atoms with Gasteiger partial charge < -0.3 is 20.1 Å². The lowest BCUT2D eigenvalue weighted by Gasteiger charge is -2.20. The van der Waals surface area contributed by atoms with Gasteiger partial charge in [-0.1, -0.05) is 54.6 Å². The molecule has 0 bridgehead atoms. The third-order valence-electron chi connectivity index (χ3n) is 5.12. The number of amides is 2. The Balaban J connectivity index is 1.39. The average Bonchev–Trinajstić information content (AvgIpc) is 2.83. The molecule has 3 aromatic carbocycles. The highest BCUT2D eigenvalue weighted by Gasteiger charge is 2.16. The van der Waals surface area contributed by atoms with Crippen molar-refractivity contribution < 1.29 is 19.1 Å².